The van der Waals surface area contributed by atoms with Crippen LogP contribution in [0.25, 0.3) is 0 Å². The summed E-state index contributed by atoms with van der Waals surface area (Å²) < 4.78 is 22.3. The molecule has 14 nitrogen and oxygen atoms in total. The standard InChI is InChI=1S/C40H75NO13/c1-3-5-6-7-8-9-10-11-12-13-14-15-16-17-18-19-20-21-22-24-29(44)28(41-32(45)23-4-2)27-51-39-37(50)35(48)38(31(26-43)53-39)54-40-36(49)34(47)33(46)30(25-42)52-40/h22,24,28-31,33-40,42-44,46-50H,3-21,23,25-27H2,1-2H3,(H,41,45)/b24-22+. The Morgan fingerprint density at radius 3 is 1.67 bits per heavy atom. The van der Waals surface area contributed by atoms with E-state index in [-0.39, 0.29) is 18.9 Å². The third-order valence-corrected chi connectivity index (χ3v) is 10.4. The molecule has 2 aliphatic heterocycles. The largest absolute Gasteiger partial charge is 0.394 e. The Hall–Kier alpha value is -1.27. The van der Waals surface area contributed by atoms with Crippen LogP contribution in [0, 0.1) is 0 Å². The number of rotatable bonds is 30. The quantitative estimate of drug-likeness (QED) is 0.0378. The summed E-state index contributed by atoms with van der Waals surface area (Å²) in [6.07, 6.45) is 10.3. The molecule has 1 amide bonds. The van der Waals surface area contributed by atoms with Crippen molar-refractivity contribution in [2.24, 2.45) is 0 Å². The first-order valence-corrected chi connectivity index (χ1v) is 20.9. The molecule has 0 aliphatic carbocycles. The maximum absolute atomic E-state index is 12.5. The summed E-state index contributed by atoms with van der Waals surface area (Å²) in [6, 6.07) is -0.903. The van der Waals surface area contributed by atoms with E-state index in [1.54, 1.807) is 6.08 Å². The fourth-order valence-corrected chi connectivity index (χ4v) is 6.98. The van der Waals surface area contributed by atoms with E-state index in [1.807, 2.05) is 13.0 Å². The van der Waals surface area contributed by atoms with Gasteiger partial charge in [0.1, 0.15) is 48.8 Å². The van der Waals surface area contributed by atoms with Gasteiger partial charge in [0, 0.05) is 6.42 Å². The van der Waals surface area contributed by atoms with Gasteiger partial charge in [0.05, 0.1) is 32.0 Å². The molecule has 14 heteroatoms. The van der Waals surface area contributed by atoms with E-state index in [1.165, 1.54) is 96.3 Å². The summed E-state index contributed by atoms with van der Waals surface area (Å²) in [5.41, 5.74) is 0. The minimum Gasteiger partial charge on any atom is -0.394 e. The van der Waals surface area contributed by atoms with Crippen molar-refractivity contribution in [1.29, 1.82) is 0 Å². The third-order valence-electron chi connectivity index (χ3n) is 10.4. The molecule has 2 aliphatic rings. The zero-order valence-corrected chi connectivity index (χ0v) is 33.0. The molecule has 0 spiro atoms. The molecule has 12 unspecified atom stereocenters. The first-order valence-electron chi connectivity index (χ1n) is 20.9. The van der Waals surface area contributed by atoms with Gasteiger partial charge in [-0.2, -0.15) is 0 Å². The van der Waals surface area contributed by atoms with Crippen molar-refractivity contribution in [3.05, 3.63) is 12.2 Å². The van der Waals surface area contributed by atoms with Crippen LogP contribution >= 0.6 is 0 Å². The summed E-state index contributed by atoms with van der Waals surface area (Å²) in [7, 11) is 0. The minimum absolute atomic E-state index is 0.233. The van der Waals surface area contributed by atoms with Crippen molar-refractivity contribution < 1.29 is 64.6 Å². The molecule has 2 rings (SSSR count). The van der Waals surface area contributed by atoms with Crippen LogP contribution in [0.2, 0.25) is 0 Å². The van der Waals surface area contributed by atoms with Gasteiger partial charge in [-0.25, -0.2) is 0 Å². The Morgan fingerprint density at radius 2 is 1.15 bits per heavy atom. The lowest BCUT2D eigenvalue weighted by Gasteiger charge is -2.46. The highest BCUT2D eigenvalue weighted by Crippen LogP contribution is 2.30. The number of aliphatic hydroxyl groups is 8. The normalized spacial score (nSPS) is 30.1. The second kappa shape index (κ2) is 29.0. The van der Waals surface area contributed by atoms with Crippen molar-refractivity contribution in [2.75, 3.05) is 19.8 Å². The SMILES string of the molecule is CCCCCCCCCCCCCCCCCCC/C=C/C(O)C(COC1OC(CO)C(OC2OC(CO)C(O)C(O)C2O)C(O)C1O)NC(=O)CCC. The average molecular weight is 778 g/mol. The van der Waals surface area contributed by atoms with Crippen LogP contribution in [0.15, 0.2) is 12.2 Å². The van der Waals surface area contributed by atoms with Gasteiger partial charge in [0.25, 0.3) is 0 Å². The van der Waals surface area contributed by atoms with Crippen LogP contribution in [0.5, 0.6) is 0 Å². The molecule has 0 aromatic heterocycles. The molecular formula is C40H75NO13. The zero-order valence-electron chi connectivity index (χ0n) is 33.0. The van der Waals surface area contributed by atoms with Crippen LogP contribution in [-0.4, -0.2) is 140 Å². The predicted molar refractivity (Wildman–Crippen MR) is 203 cm³/mol. The van der Waals surface area contributed by atoms with Crippen LogP contribution in [0.3, 0.4) is 0 Å². The zero-order chi connectivity index (χ0) is 39.7. The van der Waals surface area contributed by atoms with Gasteiger partial charge in [-0.3, -0.25) is 4.79 Å². The van der Waals surface area contributed by atoms with Gasteiger partial charge >= 0.3 is 0 Å². The Balaban J connectivity index is 1.73. The van der Waals surface area contributed by atoms with Crippen LogP contribution in [-0.2, 0) is 23.7 Å². The summed E-state index contributed by atoms with van der Waals surface area (Å²) in [5, 5.41) is 85.4. The molecule has 54 heavy (non-hydrogen) atoms. The van der Waals surface area contributed by atoms with Crippen molar-refractivity contribution in [2.45, 2.75) is 216 Å². The van der Waals surface area contributed by atoms with Crippen molar-refractivity contribution in [3.63, 3.8) is 0 Å². The predicted octanol–water partition coefficient (Wildman–Crippen LogP) is 2.87. The minimum atomic E-state index is -1.78. The van der Waals surface area contributed by atoms with E-state index in [9.17, 15) is 45.6 Å². The lowest BCUT2D eigenvalue weighted by Crippen LogP contribution is -2.65. The van der Waals surface area contributed by atoms with E-state index in [2.05, 4.69) is 12.2 Å². The summed E-state index contributed by atoms with van der Waals surface area (Å²) in [4.78, 5) is 12.5. The lowest BCUT2D eigenvalue weighted by molar-refractivity contribution is -0.359. The van der Waals surface area contributed by atoms with Gasteiger partial charge in [0.15, 0.2) is 12.6 Å². The molecule has 318 valence electrons. The van der Waals surface area contributed by atoms with Crippen molar-refractivity contribution >= 4 is 5.91 Å². The number of hydrogen-bond acceptors (Lipinski definition) is 13. The number of unbranched alkanes of at least 4 members (excludes halogenated alkanes) is 17. The van der Waals surface area contributed by atoms with E-state index in [4.69, 9.17) is 18.9 Å². The molecule has 2 fully saturated rings. The maximum atomic E-state index is 12.5. The number of allylic oxidation sites excluding steroid dienone is 1. The third kappa shape index (κ3) is 17.9. The van der Waals surface area contributed by atoms with Gasteiger partial charge < -0.3 is 65.1 Å². The fraction of sp³-hybridized carbons (Fsp3) is 0.925. The van der Waals surface area contributed by atoms with E-state index in [0.29, 0.717) is 6.42 Å². The fourth-order valence-electron chi connectivity index (χ4n) is 6.98. The van der Waals surface area contributed by atoms with Gasteiger partial charge in [-0.15, -0.1) is 0 Å². The second-order valence-corrected chi connectivity index (χ2v) is 15.1. The summed E-state index contributed by atoms with van der Waals surface area (Å²) in [6.45, 7) is 2.39. The van der Waals surface area contributed by atoms with Crippen molar-refractivity contribution in [3.8, 4) is 0 Å². The number of amides is 1. The number of nitrogens with one attached hydrogen (secondary N) is 1. The number of aliphatic hydroxyl groups excluding tert-OH is 8. The number of ether oxygens (including phenoxy) is 4. The number of carbonyl (C=O) groups excluding carboxylic acids is 1. The Labute approximate surface area is 323 Å². The lowest BCUT2D eigenvalue weighted by atomic mass is 9.97. The van der Waals surface area contributed by atoms with E-state index >= 15 is 0 Å². The maximum Gasteiger partial charge on any atom is 0.220 e. The Kier molecular flexibility index (Phi) is 26.3. The van der Waals surface area contributed by atoms with Crippen LogP contribution in [0.4, 0.5) is 0 Å². The topological polar surface area (TPSA) is 228 Å². The average Bonchev–Trinajstić information content (AvgIpc) is 3.16. The first kappa shape index (κ1) is 48.9. The summed E-state index contributed by atoms with van der Waals surface area (Å²) in [5.74, 6) is -0.293. The van der Waals surface area contributed by atoms with Gasteiger partial charge in [0.2, 0.25) is 5.91 Å². The molecule has 0 saturated carbocycles. The monoisotopic (exact) mass is 778 g/mol. The Bertz CT molecular complexity index is 972. The molecule has 2 saturated heterocycles. The molecule has 2 heterocycles. The highest BCUT2D eigenvalue weighted by molar-refractivity contribution is 5.76. The molecular weight excluding hydrogens is 702 g/mol. The van der Waals surface area contributed by atoms with Gasteiger partial charge in [-0.1, -0.05) is 129 Å². The summed E-state index contributed by atoms with van der Waals surface area (Å²) >= 11 is 0. The second-order valence-electron chi connectivity index (χ2n) is 15.1. The number of hydrogen-bond donors (Lipinski definition) is 9. The molecule has 9 N–H and O–H groups in total. The molecule has 12 atom stereocenters. The highest BCUT2D eigenvalue weighted by Gasteiger charge is 2.50. The van der Waals surface area contributed by atoms with Gasteiger partial charge in [-0.05, 0) is 19.3 Å². The smallest absolute Gasteiger partial charge is 0.220 e. The highest BCUT2D eigenvalue weighted by atomic mass is 16.7. The molecule has 0 aromatic rings. The van der Waals surface area contributed by atoms with Crippen LogP contribution in [0.1, 0.15) is 142 Å². The van der Waals surface area contributed by atoms with Crippen LogP contribution < -0.4 is 5.32 Å². The van der Waals surface area contributed by atoms with E-state index in [0.717, 1.165) is 19.3 Å². The molecule has 0 bridgehead atoms. The molecule has 0 aromatic carbocycles. The van der Waals surface area contributed by atoms with E-state index < -0.39 is 86.8 Å². The first-order chi connectivity index (χ1) is 26.1. The number of carbonyl (C=O) groups is 1. The molecule has 0 radical (unpaired) electrons. The van der Waals surface area contributed by atoms with Crippen molar-refractivity contribution in [1.82, 2.24) is 5.32 Å². The Morgan fingerprint density at radius 1 is 0.648 bits per heavy atom.